The molecule has 284 valence electrons. The molecule has 1 saturated carbocycles. The molecule has 3 N–H and O–H groups in total. The lowest BCUT2D eigenvalue weighted by Crippen LogP contribution is -2.69. The number of fused-ring (bicyclic) bond motifs is 2. The number of benzene rings is 1. The van der Waals surface area contributed by atoms with E-state index in [1.165, 1.54) is 0 Å². The lowest BCUT2D eigenvalue weighted by molar-refractivity contribution is -0.253. The monoisotopic (exact) mass is 713 g/mol. The lowest BCUT2D eigenvalue weighted by Gasteiger charge is -2.59. The van der Waals surface area contributed by atoms with Crippen molar-refractivity contribution >= 4 is 17.9 Å². The van der Waals surface area contributed by atoms with Gasteiger partial charge in [0.05, 0.1) is 24.8 Å². The Morgan fingerprint density at radius 1 is 1.14 bits per heavy atom. The minimum atomic E-state index is -1.38. The molecule has 0 saturated heterocycles. The summed E-state index contributed by atoms with van der Waals surface area (Å²) in [5.41, 5.74) is 2.25. The number of unbranched alkanes of at least 4 members (excludes halogenated alkanes) is 2. The Bertz CT molecular complexity index is 1410. The molecular formula is C39H59N3O9. The Morgan fingerprint density at radius 2 is 1.86 bits per heavy atom. The van der Waals surface area contributed by atoms with Crippen molar-refractivity contribution in [1.82, 2.24) is 10.2 Å². The summed E-state index contributed by atoms with van der Waals surface area (Å²) >= 11 is 0. The van der Waals surface area contributed by atoms with Crippen molar-refractivity contribution in [2.75, 3.05) is 46.6 Å². The number of nitrogens with zero attached hydrogens (tertiary/aromatic N) is 2. The summed E-state index contributed by atoms with van der Waals surface area (Å²) in [6, 6.07) is 4.71. The highest BCUT2D eigenvalue weighted by Gasteiger charge is 2.65. The minimum Gasteiger partial charge on any atom is -0.459 e. The van der Waals surface area contributed by atoms with E-state index in [-0.39, 0.29) is 56.0 Å². The van der Waals surface area contributed by atoms with Crippen LogP contribution in [0.25, 0.3) is 0 Å². The van der Waals surface area contributed by atoms with Crippen LogP contribution in [0.4, 0.5) is 9.59 Å². The van der Waals surface area contributed by atoms with Gasteiger partial charge in [0.2, 0.25) is 5.79 Å². The normalized spacial score (nSPS) is 25.8. The Kier molecular flexibility index (Phi) is 14.4. The summed E-state index contributed by atoms with van der Waals surface area (Å²) in [6.07, 6.45) is 7.73. The number of nitrogens with one attached hydrogen (secondary N) is 1. The van der Waals surface area contributed by atoms with Crippen molar-refractivity contribution in [2.24, 2.45) is 28.3 Å². The third kappa shape index (κ3) is 9.44. The van der Waals surface area contributed by atoms with Gasteiger partial charge < -0.3 is 44.2 Å². The van der Waals surface area contributed by atoms with E-state index in [0.29, 0.717) is 43.2 Å². The average Bonchev–Trinajstić information content (AvgIpc) is 3.09. The predicted molar refractivity (Wildman–Crippen MR) is 195 cm³/mol. The Balaban J connectivity index is 1.98. The zero-order chi connectivity index (χ0) is 37.2. The molecule has 12 nitrogen and oxygen atoms in total. The fourth-order valence-corrected chi connectivity index (χ4v) is 7.73. The van der Waals surface area contributed by atoms with Crippen molar-refractivity contribution in [2.45, 2.75) is 97.3 Å². The molecule has 3 aliphatic rings. The number of carbonyl (C=O) groups is 2. The fraction of sp³-hybridized carbons (Fsp3) is 0.667. The van der Waals surface area contributed by atoms with Crippen LogP contribution in [0.3, 0.4) is 0 Å². The first-order chi connectivity index (χ1) is 24.4. The Labute approximate surface area is 303 Å². The number of aliphatic hydroxyl groups is 2. The molecule has 0 radical (unpaired) electrons. The van der Waals surface area contributed by atoms with Crippen molar-refractivity contribution in [3.05, 3.63) is 48.1 Å². The van der Waals surface area contributed by atoms with Gasteiger partial charge in [-0.2, -0.15) is 0 Å². The molecule has 0 aromatic heterocycles. The van der Waals surface area contributed by atoms with E-state index in [2.05, 4.69) is 23.1 Å². The van der Waals surface area contributed by atoms with Crippen LogP contribution in [-0.2, 0) is 14.3 Å². The number of likely N-dealkylation sites (N-methyl/N-ethyl adjacent to an activating group) is 1. The van der Waals surface area contributed by atoms with E-state index >= 15 is 0 Å². The van der Waals surface area contributed by atoms with Gasteiger partial charge in [0.25, 0.3) is 0 Å². The maximum atomic E-state index is 13.8. The number of carbonyl (C=O) groups excluding carboxylic acids is 2. The van der Waals surface area contributed by atoms with E-state index in [1.807, 2.05) is 46.8 Å². The van der Waals surface area contributed by atoms with E-state index in [1.54, 1.807) is 24.1 Å². The maximum absolute atomic E-state index is 13.8. The zero-order valence-electron chi connectivity index (χ0n) is 31.3. The highest BCUT2D eigenvalue weighted by Crippen LogP contribution is 2.61. The summed E-state index contributed by atoms with van der Waals surface area (Å²) in [7, 11) is 1.71. The number of hydrogen-bond donors (Lipinski definition) is 3. The van der Waals surface area contributed by atoms with Gasteiger partial charge in [-0.15, -0.1) is 6.58 Å². The summed E-state index contributed by atoms with van der Waals surface area (Å²) < 4.78 is 25.5. The summed E-state index contributed by atoms with van der Waals surface area (Å²) in [5, 5.41) is 26.8. The van der Waals surface area contributed by atoms with Crippen LogP contribution in [0.1, 0.15) is 91.0 Å². The van der Waals surface area contributed by atoms with Gasteiger partial charge >= 0.3 is 12.2 Å². The lowest BCUT2D eigenvalue weighted by atomic mass is 9.55. The molecule has 1 heterocycles. The second-order valence-electron chi connectivity index (χ2n) is 14.8. The summed E-state index contributed by atoms with van der Waals surface area (Å²) in [6.45, 7) is 15.0. The molecule has 51 heavy (non-hydrogen) atoms. The van der Waals surface area contributed by atoms with Crippen LogP contribution in [-0.4, -0.2) is 91.5 Å². The number of ether oxygens (including phenoxy) is 4. The van der Waals surface area contributed by atoms with Gasteiger partial charge in [0.15, 0.2) is 0 Å². The first-order valence-corrected chi connectivity index (χ1v) is 18.5. The Hall–Kier alpha value is -3.61. The molecule has 6 unspecified atom stereocenters. The minimum absolute atomic E-state index is 0.0447. The number of hydrogen-bond acceptors (Lipinski definition) is 10. The zero-order valence-corrected chi connectivity index (χ0v) is 31.3. The standard InChI is InChI=1S/C39H59N3O9/c1-8-21-48-39-33(42(7)37(46)47-25-38(4,5)6)24-31(41-49-10-3)29-22-26(15-11-13-19-43)28(16-12-14-20-44)34(35(29)39)30-23-27(17-18-32(30)51-39)50-36(45)40-9-2/h8,17-18,22-23,26,28,33-35,43-44H,1,9-16,19-21,24-25H2,2-7H3,(H,40,45). The second-order valence-corrected chi connectivity index (χ2v) is 14.8. The second kappa shape index (κ2) is 18.2. The van der Waals surface area contributed by atoms with E-state index in [0.717, 1.165) is 36.8 Å². The topological polar surface area (TPSA) is 148 Å². The largest absolute Gasteiger partial charge is 0.459 e. The smallest absolute Gasteiger partial charge is 0.412 e. The molecule has 1 fully saturated rings. The molecule has 6 atom stereocenters. The third-order valence-electron chi connectivity index (χ3n) is 9.86. The number of oxime groups is 1. The van der Waals surface area contributed by atoms with Gasteiger partial charge in [0.1, 0.15) is 24.1 Å². The van der Waals surface area contributed by atoms with Crippen LogP contribution < -0.4 is 14.8 Å². The van der Waals surface area contributed by atoms with Gasteiger partial charge in [-0.1, -0.05) is 50.9 Å². The van der Waals surface area contributed by atoms with Gasteiger partial charge in [0, 0.05) is 44.7 Å². The fourth-order valence-electron chi connectivity index (χ4n) is 7.73. The molecule has 2 aliphatic carbocycles. The van der Waals surface area contributed by atoms with Crippen LogP contribution in [0.15, 0.2) is 47.7 Å². The predicted octanol–water partition coefficient (Wildman–Crippen LogP) is 6.56. The first-order valence-electron chi connectivity index (χ1n) is 18.5. The van der Waals surface area contributed by atoms with Crippen molar-refractivity contribution < 1.29 is 43.6 Å². The number of amides is 2. The van der Waals surface area contributed by atoms with E-state index in [9.17, 15) is 19.8 Å². The highest BCUT2D eigenvalue weighted by atomic mass is 16.7. The average molecular weight is 714 g/mol. The number of allylic oxidation sites excluding steroid dienone is 1. The van der Waals surface area contributed by atoms with E-state index < -0.39 is 29.9 Å². The van der Waals surface area contributed by atoms with E-state index in [4.69, 9.17) is 23.8 Å². The summed E-state index contributed by atoms with van der Waals surface area (Å²) in [4.78, 5) is 33.7. The van der Waals surface area contributed by atoms with Crippen LogP contribution in [0.2, 0.25) is 0 Å². The highest BCUT2D eigenvalue weighted by molar-refractivity contribution is 6.02. The van der Waals surface area contributed by atoms with Crippen LogP contribution in [0.5, 0.6) is 11.5 Å². The maximum Gasteiger partial charge on any atom is 0.412 e. The molecule has 0 bridgehead atoms. The van der Waals surface area contributed by atoms with Gasteiger partial charge in [-0.25, -0.2) is 9.59 Å². The SMILES string of the molecule is C=CCOC12Oc3ccc(OC(=O)NCC)cc3C3C(CCCCO)C(CCCCO)C=C(C(=NOCC)CC1N(C)C(=O)OCC(C)(C)C)C32. The quantitative estimate of drug-likeness (QED) is 0.0927. The van der Waals surface area contributed by atoms with Gasteiger partial charge in [-0.3, -0.25) is 0 Å². The third-order valence-corrected chi connectivity index (χ3v) is 9.86. The molecular weight excluding hydrogens is 654 g/mol. The molecule has 0 spiro atoms. The molecule has 1 aliphatic heterocycles. The van der Waals surface area contributed by atoms with Crippen LogP contribution in [0, 0.1) is 23.2 Å². The molecule has 4 rings (SSSR count). The molecule has 2 amide bonds. The van der Waals surface area contributed by atoms with Crippen molar-refractivity contribution in [3.63, 3.8) is 0 Å². The van der Waals surface area contributed by atoms with Crippen molar-refractivity contribution in [1.29, 1.82) is 0 Å². The summed E-state index contributed by atoms with van der Waals surface area (Å²) in [5.74, 6) is -1.01. The number of rotatable bonds is 17. The molecule has 12 heteroatoms. The molecule has 1 aromatic carbocycles. The van der Waals surface area contributed by atoms with Crippen molar-refractivity contribution in [3.8, 4) is 11.5 Å². The Morgan fingerprint density at radius 3 is 2.51 bits per heavy atom. The first kappa shape index (κ1) is 40.2. The number of aliphatic hydroxyl groups excluding tert-OH is 2. The van der Waals surface area contributed by atoms with Gasteiger partial charge in [-0.05, 0) is 80.6 Å². The molecule has 1 aromatic rings. The van der Waals surface area contributed by atoms with Crippen LogP contribution >= 0.6 is 0 Å².